The number of fused-ring (bicyclic) bond motifs is 1. The van der Waals surface area contributed by atoms with Crippen LogP contribution in [0, 0.1) is 0 Å². The van der Waals surface area contributed by atoms with Gasteiger partial charge in [0.05, 0.1) is 23.9 Å². The Bertz CT molecular complexity index is 556. The highest BCUT2D eigenvalue weighted by molar-refractivity contribution is 8.00. The molecule has 0 aliphatic carbocycles. The molecule has 0 aliphatic heterocycles. The molecule has 0 aliphatic rings. The van der Waals surface area contributed by atoms with Crippen LogP contribution in [0.15, 0.2) is 11.2 Å². The van der Waals surface area contributed by atoms with Gasteiger partial charge in [0.1, 0.15) is 5.03 Å². The monoisotopic (exact) mass is 267 g/mol. The summed E-state index contributed by atoms with van der Waals surface area (Å²) in [4.78, 5) is 19.8. The summed E-state index contributed by atoms with van der Waals surface area (Å²) in [5, 5.41) is 11.1. The van der Waals surface area contributed by atoms with Gasteiger partial charge in [0, 0.05) is 7.05 Å². The van der Waals surface area contributed by atoms with Crippen LogP contribution in [-0.4, -0.2) is 45.5 Å². The zero-order chi connectivity index (χ0) is 13.0. The van der Waals surface area contributed by atoms with Crippen LogP contribution in [0.2, 0.25) is 0 Å². The minimum Gasteiger partial charge on any atom is -0.465 e. The number of thioether (sulfide) groups is 1. The molecule has 2 aromatic rings. The van der Waals surface area contributed by atoms with Crippen LogP contribution in [0.3, 0.4) is 0 Å². The first-order valence-corrected chi connectivity index (χ1v) is 6.40. The van der Waals surface area contributed by atoms with Crippen LogP contribution in [0.1, 0.15) is 6.92 Å². The van der Waals surface area contributed by atoms with Crippen LogP contribution >= 0.6 is 11.8 Å². The quantitative estimate of drug-likeness (QED) is 0.475. The summed E-state index contributed by atoms with van der Waals surface area (Å²) >= 11 is 1.31. The average molecular weight is 267 g/mol. The van der Waals surface area contributed by atoms with Gasteiger partial charge >= 0.3 is 5.97 Å². The third-order valence-corrected chi connectivity index (χ3v) is 3.10. The third-order valence-electron chi connectivity index (χ3n) is 2.13. The molecule has 0 amide bonds. The number of nitrogens with zero attached hydrogens (tertiary/aromatic N) is 3. The van der Waals surface area contributed by atoms with E-state index >= 15 is 0 Å². The van der Waals surface area contributed by atoms with E-state index in [1.807, 2.05) is 0 Å². The smallest absolute Gasteiger partial charge is 0.316 e. The molecule has 0 saturated carbocycles. The van der Waals surface area contributed by atoms with Crippen molar-refractivity contribution in [3.05, 3.63) is 6.20 Å². The van der Waals surface area contributed by atoms with E-state index in [1.54, 1.807) is 20.2 Å². The Labute approximate surface area is 108 Å². The van der Waals surface area contributed by atoms with Gasteiger partial charge < -0.3 is 10.1 Å². The average Bonchev–Trinajstić information content (AvgIpc) is 2.84. The van der Waals surface area contributed by atoms with Gasteiger partial charge in [-0.15, -0.1) is 0 Å². The fourth-order valence-corrected chi connectivity index (χ4v) is 2.15. The van der Waals surface area contributed by atoms with Crippen LogP contribution in [0.5, 0.6) is 0 Å². The normalized spacial score (nSPS) is 10.6. The molecule has 7 nitrogen and oxygen atoms in total. The maximum Gasteiger partial charge on any atom is 0.316 e. The molecule has 0 spiro atoms. The lowest BCUT2D eigenvalue weighted by molar-refractivity contribution is -0.139. The van der Waals surface area contributed by atoms with Crippen molar-refractivity contribution in [2.75, 3.05) is 24.7 Å². The number of nitrogens with one attached hydrogen (secondary N) is 2. The van der Waals surface area contributed by atoms with Gasteiger partial charge in [0.25, 0.3) is 0 Å². The van der Waals surface area contributed by atoms with Crippen molar-refractivity contribution in [3.63, 3.8) is 0 Å². The van der Waals surface area contributed by atoms with Crippen LogP contribution in [0.25, 0.3) is 11.0 Å². The van der Waals surface area contributed by atoms with E-state index < -0.39 is 0 Å². The number of aromatic amines is 1. The molecule has 96 valence electrons. The molecule has 2 aromatic heterocycles. The van der Waals surface area contributed by atoms with E-state index in [-0.39, 0.29) is 11.7 Å². The van der Waals surface area contributed by atoms with Gasteiger partial charge in [0.15, 0.2) is 5.65 Å². The van der Waals surface area contributed by atoms with Crippen LogP contribution < -0.4 is 5.32 Å². The standard InChI is InChI=1S/C10H13N5O2S/c1-3-17-7(16)5-18-9-6-4-12-15-8(6)13-10(11-2)14-9/h4H,3,5H2,1-2H3,(H2,11,12,13,14,15). The Morgan fingerprint density at radius 2 is 2.39 bits per heavy atom. The van der Waals surface area contributed by atoms with Crippen molar-refractivity contribution in [2.24, 2.45) is 0 Å². The minimum absolute atomic E-state index is 0.217. The van der Waals surface area contributed by atoms with Crippen LogP contribution in [0.4, 0.5) is 5.95 Å². The molecule has 0 saturated heterocycles. The SMILES string of the molecule is CCOC(=O)CSc1nc(NC)nc2[nH]ncc12. The Kier molecular flexibility index (Phi) is 3.98. The van der Waals surface area contributed by atoms with Gasteiger partial charge in [0.2, 0.25) is 5.95 Å². The molecule has 0 unspecified atom stereocenters. The molecule has 2 heterocycles. The number of carbonyl (C=O) groups is 1. The molecule has 0 atom stereocenters. The summed E-state index contributed by atoms with van der Waals surface area (Å²) in [5.41, 5.74) is 0.640. The van der Waals surface area contributed by atoms with Crippen molar-refractivity contribution >= 4 is 34.7 Å². The maximum atomic E-state index is 11.3. The zero-order valence-electron chi connectivity index (χ0n) is 10.1. The summed E-state index contributed by atoms with van der Waals surface area (Å²) in [6.07, 6.45) is 1.64. The topological polar surface area (TPSA) is 92.8 Å². The Morgan fingerprint density at radius 1 is 1.56 bits per heavy atom. The molecule has 2 rings (SSSR count). The number of hydrogen-bond donors (Lipinski definition) is 2. The Balaban J connectivity index is 2.20. The molecule has 0 bridgehead atoms. The zero-order valence-corrected chi connectivity index (χ0v) is 10.9. The van der Waals surface area contributed by atoms with Gasteiger partial charge in [-0.05, 0) is 6.92 Å². The molecular weight excluding hydrogens is 254 g/mol. The van der Waals surface area contributed by atoms with Crippen molar-refractivity contribution in [1.82, 2.24) is 20.2 Å². The summed E-state index contributed by atoms with van der Waals surface area (Å²) in [5.74, 6) is 0.441. The Morgan fingerprint density at radius 3 is 3.11 bits per heavy atom. The van der Waals surface area contributed by atoms with E-state index in [0.717, 1.165) is 5.39 Å². The predicted octanol–water partition coefficient (Wildman–Crippen LogP) is 1.05. The first-order valence-electron chi connectivity index (χ1n) is 5.42. The summed E-state index contributed by atoms with van der Waals surface area (Å²) in [7, 11) is 1.73. The maximum absolute atomic E-state index is 11.3. The Hall–Kier alpha value is -1.83. The summed E-state index contributed by atoms with van der Waals surface area (Å²) in [6.45, 7) is 2.16. The highest BCUT2D eigenvalue weighted by atomic mass is 32.2. The van der Waals surface area contributed by atoms with Gasteiger partial charge in [-0.1, -0.05) is 11.8 Å². The molecule has 18 heavy (non-hydrogen) atoms. The highest BCUT2D eigenvalue weighted by Gasteiger charge is 2.11. The largest absolute Gasteiger partial charge is 0.465 e. The number of H-pyrrole nitrogens is 1. The van der Waals surface area contributed by atoms with Gasteiger partial charge in [-0.25, -0.2) is 4.98 Å². The minimum atomic E-state index is -0.260. The second-order valence-corrected chi connectivity index (χ2v) is 4.29. The molecule has 0 fully saturated rings. The van der Waals surface area contributed by atoms with E-state index in [2.05, 4.69) is 25.5 Å². The van der Waals surface area contributed by atoms with Gasteiger partial charge in [-0.3, -0.25) is 9.89 Å². The second-order valence-electron chi connectivity index (χ2n) is 3.33. The number of anilines is 1. The summed E-state index contributed by atoms with van der Waals surface area (Å²) < 4.78 is 4.87. The number of hydrogen-bond acceptors (Lipinski definition) is 7. The third kappa shape index (κ3) is 2.70. The molecule has 0 radical (unpaired) electrons. The lowest BCUT2D eigenvalue weighted by Crippen LogP contribution is -2.07. The van der Waals surface area contributed by atoms with E-state index in [4.69, 9.17) is 4.74 Å². The van der Waals surface area contributed by atoms with Crippen molar-refractivity contribution in [3.8, 4) is 0 Å². The van der Waals surface area contributed by atoms with Crippen molar-refractivity contribution in [1.29, 1.82) is 0 Å². The number of aromatic nitrogens is 4. The van der Waals surface area contributed by atoms with Crippen molar-refractivity contribution in [2.45, 2.75) is 11.9 Å². The second kappa shape index (κ2) is 5.67. The lowest BCUT2D eigenvalue weighted by Gasteiger charge is -2.04. The predicted molar refractivity (Wildman–Crippen MR) is 68.6 cm³/mol. The van der Waals surface area contributed by atoms with E-state index in [0.29, 0.717) is 23.2 Å². The molecule has 8 heteroatoms. The van der Waals surface area contributed by atoms with Crippen LogP contribution in [-0.2, 0) is 9.53 Å². The first kappa shape index (κ1) is 12.6. The number of esters is 1. The molecule has 0 aromatic carbocycles. The first-order chi connectivity index (χ1) is 8.74. The van der Waals surface area contributed by atoms with E-state index in [9.17, 15) is 4.79 Å². The molecule has 2 N–H and O–H groups in total. The number of rotatable bonds is 5. The lowest BCUT2D eigenvalue weighted by atomic mass is 10.4. The van der Waals surface area contributed by atoms with E-state index in [1.165, 1.54) is 11.8 Å². The van der Waals surface area contributed by atoms with Crippen molar-refractivity contribution < 1.29 is 9.53 Å². The number of carbonyl (C=O) groups excluding carboxylic acids is 1. The van der Waals surface area contributed by atoms with Gasteiger partial charge in [-0.2, -0.15) is 10.1 Å². The fraction of sp³-hybridized carbons (Fsp3) is 0.400. The highest BCUT2D eigenvalue weighted by Crippen LogP contribution is 2.25. The summed E-state index contributed by atoms with van der Waals surface area (Å²) in [6, 6.07) is 0. The number of ether oxygens (including phenoxy) is 1. The molecular formula is C10H13N5O2S. The fourth-order valence-electron chi connectivity index (χ4n) is 1.36.